The van der Waals surface area contributed by atoms with E-state index < -0.39 is 22.7 Å². The number of hydrogen-bond donors (Lipinski definition) is 2. The molecule has 0 heterocycles. The van der Waals surface area contributed by atoms with E-state index in [1.807, 2.05) is 0 Å². The SMILES string of the molecule is NS(=O)(=O)OCc1cc(F)ccc1O. The van der Waals surface area contributed by atoms with Crippen molar-refractivity contribution < 1.29 is 22.1 Å². The molecule has 0 radical (unpaired) electrons. The molecule has 7 heteroatoms. The summed E-state index contributed by atoms with van der Waals surface area (Å²) in [6.45, 7) is -0.498. The van der Waals surface area contributed by atoms with Gasteiger partial charge in [0.2, 0.25) is 0 Å². The summed E-state index contributed by atoms with van der Waals surface area (Å²) >= 11 is 0. The van der Waals surface area contributed by atoms with Crippen molar-refractivity contribution in [3.05, 3.63) is 29.6 Å². The van der Waals surface area contributed by atoms with Crippen molar-refractivity contribution in [2.75, 3.05) is 0 Å². The first kappa shape index (κ1) is 10.9. The van der Waals surface area contributed by atoms with E-state index in [4.69, 9.17) is 5.11 Å². The molecule has 5 nitrogen and oxygen atoms in total. The van der Waals surface area contributed by atoms with Crippen LogP contribution < -0.4 is 5.14 Å². The molecule has 0 fully saturated rings. The molecule has 0 aliphatic rings. The molecular weight excluding hydrogens is 213 g/mol. The zero-order chi connectivity index (χ0) is 10.8. The third-order valence-electron chi connectivity index (χ3n) is 1.42. The van der Waals surface area contributed by atoms with Crippen LogP contribution in [0.2, 0.25) is 0 Å². The van der Waals surface area contributed by atoms with Gasteiger partial charge in [0, 0.05) is 5.56 Å². The molecule has 0 aliphatic carbocycles. The predicted octanol–water partition coefficient (Wildman–Crippen LogP) is 0.251. The standard InChI is InChI=1S/C7H8FNO4S/c8-6-1-2-7(10)5(3-6)4-13-14(9,11)12/h1-3,10H,4H2,(H2,9,11,12). The molecule has 0 amide bonds. The summed E-state index contributed by atoms with van der Waals surface area (Å²) in [5, 5.41) is 13.7. The van der Waals surface area contributed by atoms with E-state index in [1.165, 1.54) is 0 Å². The molecule has 0 saturated heterocycles. The smallest absolute Gasteiger partial charge is 0.333 e. The number of hydrogen-bond acceptors (Lipinski definition) is 4. The molecule has 0 aliphatic heterocycles. The van der Waals surface area contributed by atoms with Gasteiger partial charge in [0.1, 0.15) is 11.6 Å². The molecule has 0 spiro atoms. The first-order valence-electron chi connectivity index (χ1n) is 3.53. The molecule has 0 bridgehead atoms. The zero-order valence-electron chi connectivity index (χ0n) is 6.97. The summed E-state index contributed by atoms with van der Waals surface area (Å²) < 4.78 is 37.6. The van der Waals surface area contributed by atoms with Crippen LogP contribution in [-0.2, 0) is 21.1 Å². The minimum Gasteiger partial charge on any atom is -0.508 e. The van der Waals surface area contributed by atoms with Crippen LogP contribution in [0.1, 0.15) is 5.56 Å². The highest BCUT2D eigenvalue weighted by Crippen LogP contribution is 2.18. The van der Waals surface area contributed by atoms with Gasteiger partial charge in [-0.1, -0.05) is 0 Å². The highest BCUT2D eigenvalue weighted by atomic mass is 32.2. The maximum Gasteiger partial charge on any atom is 0.333 e. The summed E-state index contributed by atoms with van der Waals surface area (Å²) in [5.41, 5.74) is 0.0130. The summed E-state index contributed by atoms with van der Waals surface area (Å²) in [4.78, 5) is 0. The van der Waals surface area contributed by atoms with Crippen LogP contribution in [0.5, 0.6) is 5.75 Å². The van der Waals surface area contributed by atoms with E-state index in [0.29, 0.717) is 0 Å². The van der Waals surface area contributed by atoms with Crippen LogP contribution in [0.25, 0.3) is 0 Å². The molecule has 78 valence electrons. The highest BCUT2D eigenvalue weighted by molar-refractivity contribution is 7.84. The Morgan fingerprint density at radius 3 is 2.71 bits per heavy atom. The quantitative estimate of drug-likeness (QED) is 0.765. The molecule has 1 aromatic carbocycles. The van der Waals surface area contributed by atoms with Gasteiger partial charge in [0.15, 0.2) is 0 Å². The third-order valence-corrected chi connectivity index (χ3v) is 1.87. The summed E-state index contributed by atoms with van der Waals surface area (Å²) in [7, 11) is -4.09. The van der Waals surface area contributed by atoms with Crippen molar-refractivity contribution in [1.29, 1.82) is 0 Å². The Bertz CT molecular complexity index is 431. The number of benzene rings is 1. The van der Waals surface area contributed by atoms with Crippen molar-refractivity contribution >= 4 is 10.3 Å². The number of halogens is 1. The van der Waals surface area contributed by atoms with E-state index in [9.17, 15) is 12.8 Å². The summed E-state index contributed by atoms with van der Waals surface area (Å²) in [6.07, 6.45) is 0. The second-order valence-corrected chi connectivity index (χ2v) is 3.75. The Morgan fingerprint density at radius 1 is 1.50 bits per heavy atom. The zero-order valence-corrected chi connectivity index (χ0v) is 7.79. The van der Waals surface area contributed by atoms with Crippen molar-refractivity contribution in [1.82, 2.24) is 0 Å². The van der Waals surface area contributed by atoms with Crippen LogP contribution in [0, 0.1) is 5.82 Å². The van der Waals surface area contributed by atoms with Gasteiger partial charge < -0.3 is 5.11 Å². The normalized spacial score (nSPS) is 11.6. The summed E-state index contributed by atoms with van der Waals surface area (Å²) in [6, 6.07) is 3.09. The number of rotatable bonds is 3. The molecule has 1 aromatic rings. The summed E-state index contributed by atoms with van der Waals surface area (Å²) in [5.74, 6) is -0.856. The van der Waals surface area contributed by atoms with Gasteiger partial charge in [-0.05, 0) is 18.2 Å². The Balaban J connectivity index is 2.81. The molecule has 0 saturated carbocycles. The van der Waals surface area contributed by atoms with Crippen LogP contribution in [0.4, 0.5) is 4.39 Å². The van der Waals surface area contributed by atoms with Gasteiger partial charge in [0.05, 0.1) is 6.61 Å². The average Bonchev–Trinajstić information content (AvgIpc) is 2.05. The molecule has 0 aromatic heterocycles. The fraction of sp³-hybridized carbons (Fsp3) is 0.143. The van der Waals surface area contributed by atoms with Crippen LogP contribution >= 0.6 is 0 Å². The van der Waals surface area contributed by atoms with Crippen molar-refractivity contribution in [2.24, 2.45) is 5.14 Å². The lowest BCUT2D eigenvalue weighted by Gasteiger charge is -2.03. The number of phenols is 1. The number of phenolic OH excluding ortho intramolecular Hbond substituents is 1. The Hall–Kier alpha value is -1.18. The third kappa shape index (κ3) is 3.29. The van der Waals surface area contributed by atoms with Gasteiger partial charge in [-0.2, -0.15) is 8.42 Å². The topological polar surface area (TPSA) is 89.6 Å². The van der Waals surface area contributed by atoms with E-state index in [-0.39, 0.29) is 11.3 Å². The van der Waals surface area contributed by atoms with Gasteiger partial charge in [-0.3, -0.25) is 4.18 Å². The van der Waals surface area contributed by atoms with Gasteiger partial charge in [-0.15, -0.1) is 0 Å². The molecule has 1 rings (SSSR count). The lowest BCUT2D eigenvalue weighted by molar-refractivity contribution is 0.301. The fourth-order valence-corrected chi connectivity index (χ4v) is 1.11. The Labute approximate surface area is 80.2 Å². The number of aromatic hydroxyl groups is 1. The highest BCUT2D eigenvalue weighted by Gasteiger charge is 2.07. The van der Waals surface area contributed by atoms with Crippen LogP contribution in [-0.4, -0.2) is 13.5 Å². The lowest BCUT2D eigenvalue weighted by atomic mass is 10.2. The first-order chi connectivity index (χ1) is 6.38. The van der Waals surface area contributed by atoms with Crippen molar-refractivity contribution in [3.8, 4) is 5.75 Å². The van der Waals surface area contributed by atoms with Gasteiger partial charge in [0.25, 0.3) is 0 Å². The Kier molecular flexibility index (Phi) is 3.04. The predicted molar refractivity (Wildman–Crippen MR) is 46.0 cm³/mol. The van der Waals surface area contributed by atoms with E-state index in [1.54, 1.807) is 0 Å². The largest absolute Gasteiger partial charge is 0.508 e. The minimum absolute atomic E-state index is 0.0130. The number of nitrogens with two attached hydrogens (primary N) is 1. The van der Waals surface area contributed by atoms with E-state index in [2.05, 4.69) is 9.32 Å². The maximum absolute atomic E-state index is 12.6. The van der Waals surface area contributed by atoms with Crippen LogP contribution in [0.3, 0.4) is 0 Å². The van der Waals surface area contributed by atoms with Crippen molar-refractivity contribution in [2.45, 2.75) is 6.61 Å². The van der Waals surface area contributed by atoms with Gasteiger partial charge >= 0.3 is 10.3 Å². The van der Waals surface area contributed by atoms with E-state index in [0.717, 1.165) is 18.2 Å². The molecule has 0 unspecified atom stereocenters. The second-order valence-electron chi connectivity index (χ2n) is 2.53. The molecule has 0 atom stereocenters. The monoisotopic (exact) mass is 221 g/mol. The molecule has 3 N–H and O–H groups in total. The Morgan fingerprint density at radius 2 is 2.14 bits per heavy atom. The van der Waals surface area contributed by atoms with E-state index >= 15 is 0 Å². The molecular formula is C7H8FNO4S. The minimum atomic E-state index is -4.09. The lowest BCUT2D eigenvalue weighted by Crippen LogP contribution is -2.15. The van der Waals surface area contributed by atoms with Crippen molar-refractivity contribution in [3.63, 3.8) is 0 Å². The maximum atomic E-state index is 12.6. The fourth-order valence-electron chi connectivity index (χ4n) is 0.815. The van der Waals surface area contributed by atoms with Crippen LogP contribution in [0.15, 0.2) is 18.2 Å². The van der Waals surface area contributed by atoms with Gasteiger partial charge in [-0.25, -0.2) is 9.53 Å². The average molecular weight is 221 g/mol. The second kappa shape index (κ2) is 3.91. The molecule has 14 heavy (non-hydrogen) atoms. The first-order valence-corrected chi connectivity index (χ1v) is 5.00.